The lowest BCUT2D eigenvalue weighted by Gasteiger charge is -2.07. The summed E-state index contributed by atoms with van der Waals surface area (Å²) in [5.74, 6) is 0.341. The molecule has 0 aromatic rings. The van der Waals surface area contributed by atoms with E-state index in [9.17, 15) is 4.79 Å². The van der Waals surface area contributed by atoms with Gasteiger partial charge in [-0.25, -0.2) is 0 Å². The van der Waals surface area contributed by atoms with Crippen LogP contribution < -0.4 is 11.1 Å². The monoisotopic (exact) mass is 142 g/mol. The van der Waals surface area contributed by atoms with E-state index in [4.69, 9.17) is 5.73 Å². The smallest absolute Gasteiger partial charge is 0.234 e. The van der Waals surface area contributed by atoms with E-state index in [0.29, 0.717) is 12.0 Å². The topological polar surface area (TPSA) is 55.1 Å². The summed E-state index contributed by atoms with van der Waals surface area (Å²) in [5, 5.41) is 3.13. The molecule has 1 saturated heterocycles. The van der Waals surface area contributed by atoms with Crippen molar-refractivity contribution in [2.24, 2.45) is 11.7 Å². The van der Waals surface area contributed by atoms with E-state index >= 15 is 0 Å². The Morgan fingerprint density at radius 3 is 2.40 bits per heavy atom. The van der Waals surface area contributed by atoms with Crippen molar-refractivity contribution in [3.05, 3.63) is 0 Å². The van der Waals surface area contributed by atoms with E-state index in [1.807, 2.05) is 0 Å². The molecule has 0 spiro atoms. The van der Waals surface area contributed by atoms with Gasteiger partial charge in [0.25, 0.3) is 0 Å². The van der Waals surface area contributed by atoms with E-state index in [0.717, 1.165) is 6.42 Å². The fourth-order valence-corrected chi connectivity index (χ4v) is 1.32. The van der Waals surface area contributed by atoms with Crippen molar-refractivity contribution in [3.8, 4) is 0 Å². The highest BCUT2D eigenvalue weighted by Crippen LogP contribution is 2.18. The maximum Gasteiger partial charge on any atom is 0.234 e. The average molecular weight is 142 g/mol. The summed E-state index contributed by atoms with van der Waals surface area (Å²) in [6.07, 6.45) is 0.885. The molecule has 3 atom stereocenters. The SMILES string of the molecule is CC1C[C@@H](C(N)=O)N[C@H]1C. The predicted octanol–water partition coefficient (Wildman–Crippen LogP) is -0.142. The Bertz CT molecular complexity index is 137. The van der Waals surface area contributed by atoms with Crippen molar-refractivity contribution in [2.45, 2.75) is 32.4 Å². The molecule has 1 fully saturated rings. The van der Waals surface area contributed by atoms with Gasteiger partial charge in [-0.15, -0.1) is 0 Å². The third kappa shape index (κ3) is 1.29. The zero-order valence-corrected chi connectivity index (χ0v) is 6.42. The lowest BCUT2D eigenvalue weighted by atomic mass is 10.0. The molecule has 0 aromatic heterocycles. The number of hydrogen-bond donors (Lipinski definition) is 2. The van der Waals surface area contributed by atoms with Crippen molar-refractivity contribution in [3.63, 3.8) is 0 Å². The minimum Gasteiger partial charge on any atom is -0.368 e. The Morgan fingerprint density at radius 1 is 1.60 bits per heavy atom. The van der Waals surface area contributed by atoms with Crippen LogP contribution in [0.2, 0.25) is 0 Å². The Kier molecular flexibility index (Phi) is 1.94. The minimum absolute atomic E-state index is 0.0926. The molecule has 1 aliphatic heterocycles. The van der Waals surface area contributed by atoms with Crippen LogP contribution in [0.25, 0.3) is 0 Å². The number of nitrogens with one attached hydrogen (secondary N) is 1. The maximum atomic E-state index is 10.7. The molecule has 1 aliphatic rings. The number of carbonyl (C=O) groups is 1. The normalized spacial score (nSPS) is 40.0. The van der Waals surface area contributed by atoms with E-state index in [1.54, 1.807) is 0 Å². The lowest BCUT2D eigenvalue weighted by Crippen LogP contribution is -2.38. The standard InChI is InChI=1S/C7H14N2O/c1-4-3-6(7(8)10)9-5(4)2/h4-6,9H,3H2,1-2H3,(H2,8,10)/t4?,5-,6-/m0/s1. The van der Waals surface area contributed by atoms with Crippen molar-refractivity contribution in [1.29, 1.82) is 0 Å². The molecule has 1 heterocycles. The summed E-state index contributed by atoms with van der Waals surface area (Å²) in [4.78, 5) is 10.7. The van der Waals surface area contributed by atoms with E-state index in [1.165, 1.54) is 0 Å². The zero-order chi connectivity index (χ0) is 7.72. The largest absolute Gasteiger partial charge is 0.368 e. The van der Waals surface area contributed by atoms with Crippen LogP contribution in [-0.4, -0.2) is 18.0 Å². The summed E-state index contributed by atoms with van der Waals surface area (Å²) in [7, 11) is 0. The van der Waals surface area contributed by atoms with Gasteiger partial charge in [0.2, 0.25) is 5.91 Å². The van der Waals surface area contributed by atoms with E-state index in [-0.39, 0.29) is 11.9 Å². The Balaban J connectivity index is 2.49. The Labute approximate surface area is 61.0 Å². The van der Waals surface area contributed by atoms with Crippen LogP contribution in [0.5, 0.6) is 0 Å². The quantitative estimate of drug-likeness (QED) is 0.535. The molecule has 1 unspecified atom stereocenters. The average Bonchev–Trinajstić information content (AvgIpc) is 2.13. The van der Waals surface area contributed by atoms with Crippen LogP contribution in [0.1, 0.15) is 20.3 Å². The number of primary amides is 1. The number of nitrogens with two attached hydrogens (primary N) is 1. The first-order chi connectivity index (χ1) is 4.61. The molecule has 3 nitrogen and oxygen atoms in total. The zero-order valence-electron chi connectivity index (χ0n) is 6.42. The van der Waals surface area contributed by atoms with Gasteiger partial charge in [-0.1, -0.05) is 6.92 Å². The second kappa shape index (κ2) is 2.58. The summed E-state index contributed by atoms with van der Waals surface area (Å²) in [5.41, 5.74) is 5.12. The highest BCUT2D eigenvalue weighted by Gasteiger charge is 2.30. The lowest BCUT2D eigenvalue weighted by molar-refractivity contribution is -0.119. The third-order valence-corrected chi connectivity index (χ3v) is 2.27. The number of amides is 1. The van der Waals surface area contributed by atoms with Gasteiger partial charge in [0, 0.05) is 6.04 Å². The van der Waals surface area contributed by atoms with Crippen LogP contribution in [0, 0.1) is 5.92 Å². The van der Waals surface area contributed by atoms with Gasteiger partial charge in [0.05, 0.1) is 6.04 Å². The van der Waals surface area contributed by atoms with Gasteiger partial charge < -0.3 is 11.1 Å². The van der Waals surface area contributed by atoms with Crippen LogP contribution in [0.4, 0.5) is 0 Å². The van der Waals surface area contributed by atoms with Crippen LogP contribution in [-0.2, 0) is 4.79 Å². The highest BCUT2D eigenvalue weighted by atomic mass is 16.1. The Hall–Kier alpha value is -0.570. The molecule has 0 bridgehead atoms. The first-order valence-corrected chi connectivity index (χ1v) is 3.66. The molecule has 1 rings (SSSR count). The Morgan fingerprint density at radius 2 is 2.20 bits per heavy atom. The summed E-state index contributed by atoms with van der Waals surface area (Å²) >= 11 is 0. The molecule has 0 saturated carbocycles. The van der Waals surface area contributed by atoms with Crippen molar-refractivity contribution in [2.75, 3.05) is 0 Å². The van der Waals surface area contributed by atoms with E-state index < -0.39 is 0 Å². The van der Waals surface area contributed by atoms with Gasteiger partial charge >= 0.3 is 0 Å². The van der Waals surface area contributed by atoms with Crippen molar-refractivity contribution in [1.82, 2.24) is 5.32 Å². The van der Waals surface area contributed by atoms with Gasteiger partial charge in [0.1, 0.15) is 0 Å². The summed E-state index contributed by atoms with van der Waals surface area (Å²) < 4.78 is 0. The van der Waals surface area contributed by atoms with Gasteiger partial charge in [0.15, 0.2) is 0 Å². The molecule has 58 valence electrons. The molecule has 0 aromatic carbocycles. The third-order valence-electron chi connectivity index (χ3n) is 2.27. The van der Waals surface area contributed by atoms with Crippen molar-refractivity contribution >= 4 is 5.91 Å². The van der Waals surface area contributed by atoms with Crippen molar-refractivity contribution < 1.29 is 4.79 Å². The molecular formula is C7H14N2O. The molecule has 10 heavy (non-hydrogen) atoms. The molecule has 3 heteroatoms. The van der Waals surface area contributed by atoms with Crippen LogP contribution in [0.15, 0.2) is 0 Å². The highest BCUT2D eigenvalue weighted by molar-refractivity contribution is 5.80. The number of hydrogen-bond acceptors (Lipinski definition) is 2. The maximum absolute atomic E-state index is 10.7. The fraction of sp³-hybridized carbons (Fsp3) is 0.857. The van der Waals surface area contributed by atoms with Crippen LogP contribution >= 0.6 is 0 Å². The minimum atomic E-state index is -0.226. The van der Waals surface area contributed by atoms with Gasteiger partial charge in [-0.3, -0.25) is 4.79 Å². The molecular weight excluding hydrogens is 128 g/mol. The predicted molar refractivity (Wildman–Crippen MR) is 39.4 cm³/mol. The molecule has 0 radical (unpaired) electrons. The summed E-state index contributed by atoms with van der Waals surface area (Å²) in [6, 6.07) is 0.336. The first kappa shape index (κ1) is 7.54. The number of carbonyl (C=O) groups excluding carboxylic acids is 1. The second-order valence-corrected chi connectivity index (χ2v) is 3.12. The second-order valence-electron chi connectivity index (χ2n) is 3.12. The van der Waals surface area contributed by atoms with E-state index in [2.05, 4.69) is 19.2 Å². The fourth-order valence-electron chi connectivity index (χ4n) is 1.32. The van der Waals surface area contributed by atoms with Gasteiger partial charge in [-0.05, 0) is 19.3 Å². The number of rotatable bonds is 1. The van der Waals surface area contributed by atoms with Gasteiger partial charge in [-0.2, -0.15) is 0 Å². The first-order valence-electron chi connectivity index (χ1n) is 3.66. The molecule has 0 aliphatic carbocycles. The van der Waals surface area contributed by atoms with Crippen LogP contribution in [0.3, 0.4) is 0 Å². The summed E-state index contributed by atoms with van der Waals surface area (Å²) in [6.45, 7) is 4.20. The molecule has 1 amide bonds. The molecule has 3 N–H and O–H groups in total.